The van der Waals surface area contributed by atoms with Gasteiger partial charge < -0.3 is 10.6 Å². The second-order valence-electron chi connectivity index (χ2n) is 5.80. The number of aromatic nitrogens is 2. The molecule has 2 heterocycles. The Morgan fingerprint density at radius 2 is 1.67 bits per heavy atom. The topological polar surface area (TPSA) is 72.1 Å². The van der Waals surface area contributed by atoms with Crippen LogP contribution in [0, 0.1) is 0 Å². The van der Waals surface area contributed by atoms with E-state index >= 15 is 0 Å². The van der Waals surface area contributed by atoms with Gasteiger partial charge >= 0.3 is 0 Å². The molecule has 0 radical (unpaired) electrons. The molecule has 0 aliphatic carbocycles. The van der Waals surface area contributed by atoms with Gasteiger partial charge in [0.1, 0.15) is 0 Å². The van der Waals surface area contributed by atoms with Crippen molar-refractivity contribution in [2.24, 2.45) is 0 Å². The zero-order valence-corrected chi connectivity index (χ0v) is 13.0. The first-order valence-corrected chi connectivity index (χ1v) is 7.76. The highest BCUT2D eigenvalue weighted by molar-refractivity contribution is 5.95. The molecule has 5 heteroatoms. The van der Waals surface area contributed by atoms with Crippen molar-refractivity contribution in [3.63, 3.8) is 0 Å². The number of carbonyl (C=O) groups excluding carboxylic acids is 1. The number of nitrogens with zero attached hydrogens (tertiary/aromatic N) is 3. The summed E-state index contributed by atoms with van der Waals surface area (Å²) in [5, 5.41) is 0. The summed E-state index contributed by atoms with van der Waals surface area (Å²) in [6, 6.07) is 17.8. The van der Waals surface area contributed by atoms with E-state index in [1.54, 1.807) is 11.1 Å². The molecule has 0 unspecified atom stereocenters. The summed E-state index contributed by atoms with van der Waals surface area (Å²) in [6.45, 7) is 0.996. The van der Waals surface area contributed by atoms with Crippen molar-refractivity contribution in [3.8, 4) is 11.1 Å². The molecule has 5 nitrogen and oxygen atoms in total. The molecule has 118 valence electrons. The molecule has 0 fully saturated rings. The number of rotatable bonds is 2. The molecule has 1 aliphatic heterocycles. The summed E-state index contributed by atoms with van der Waals surface area (Å²) in [5.41, 5.74) is 10.3. The van der Waals surface area contributed by atoms with Gasteiger partial charge in [0.15, 0.2) is 0 Å². The lowest BCUT2D eigenvalue weighted by atomic mass is 10.0. The Morgan fingerprint density at radius 3 is 2.42 bits per heavy atom. The van der Waals surface area contributed by atoms with E-state index in [9.17, 15) is 4.79 Å². The van der Waals surface area contributed by atoms with Gasteiger partial charge in [-0.05, 0) is 23.3 Å². The van der Waals surface area contributed by atoms with Crippen LogP contribution in [0.4, 0.5) is 5.95 Å². The second kappa shape index (κ2) is 5.77. The molecule has 2 N–H and O–H groups in total. The average Bonchev–Trinajstić information content (AvgIpc) is 3.05. The van der Waals surface area contributed by atoms with Crippen LogP contribution < -0.4 is 5.73 Å². The fourth-order valence-electron chi connectivity index (χ4n) is 2.93. The maximum absolute atomic E-state index is 12.7. The summed E-state index contributed by atoms with van der Waals surface area (Å²) >= 11 is 0. The highest BCUT2D eigenvalue weighted by atomic mass is 16.2. The van der Waals surface area contributed by atoms with Crippen LogP contribution >= 0.6 is 0 Å². The fourth-order valence-corrected chi connectivity index (χ4v) is 2.93. The van der Waals surface area contributed by atoms with Crippen molar-refractivity contribution in [3.05, 3.63) is 77.6 Å². The van der Waals surface area contributed by atoms with Crippen LogP contribution in [0.25, 0.3) is 11.1 Å². The molecule has 2 aromatic carbocycles. The van der Waals surface area contributed by atoms with E-state index in [1.807, 2.05) is 42.5 Å². The number of nitrogens with two attached hydrogens (primary N) is 1. The first kappa shape index (κ1) is 14.4. The zero-order chi connectivity index (χ0) is 16.5. The van der Waals surface area contributed by atoms with E-state index in [-0.39, 0.29) is 11.9 Å². The lowest BCUT2D eigenvalue weighted by Gasteiger charge is -2.15. The van der Waals surface area contributed by atoms with Crippen molar-refractivity contribution >= 4 is 11.9 Å². The molecule has 1 aromatic heterocycles. The molecule has 3 aromatic rings. The Labute approximate surface area is 139 Å². The molecule has 0 spiro atoms. The Kier molecular flexibility index (Phi) is 3.46. The van der Waals surface area contributed by atoms with E-state index in [0.29, 0.717) is 18.7 Å². The zero-order valence-electron chi connectivity index (χ0n) is 13.0. The maximum atomic E-state index is 12.7. The van der Waals surface area contributed by atoms with Crippen molar-refractivity contribution in [1.82, 2.24) is 14.9 Å². The molecule has 0 bridgehead atoms. The first-order chi connectivity index (χ1) is 11.7. The molecule has 1 amide bonds. The highest BCUT2D eigenvalue weighted by Gasteiger charge is 2.25. The van der Waals surface area contributed by atoms with Crippen LogP contribution in [0.3, 0.4) is 0 Å². The molecule has 1 aliphatic rings. The second-order valence-corrected chi connectivity index (χ2v) is 5.80. The van der Waals surface area contributed by atoms with Crippen LogP contribution in [-0.2, 0) is 13.1 Å². The van der Waals surface area contributed by atoms with Gasteiger partial charge in [-0.1, -0.05) is 42.5 Å². The molecule has 0 atom stereocenters. The number of hydrogen-bond acceptors (Lipinski definition) is 4. The van der Waals surface area contributed by atoms with Gasteiger partial charge in [-0.25, -0.2) is 9.97 Å². The lowest BCUT2D eigenvalue weighted by Crippen LogP contribution is -2.25. The van der Waals surface area contributed by atoms with Crippen molar-refractivity contribution < 1.29 is 4.79 Å². The van der Waals surface area contributed by atoms with Gasteiger partial charge in [-0.2, -0.15) is 0 Å². The number of amides is 1. The van der Waals surface area contributed by atoms with E-state index in [1.165, 1.54) is 0 Å². The first-order valence-electron chi connectivity index (χ1n) is 7.76. The van der Waals surface area contributed by atoms with Gasteiger partial charge in [-0.15, -0.1) is 0 Å². The van der Waals surface area contributed by atoms with Crippen LogP contribution in [0.15, 0.2) is 60.8 Å². The van der Waals surface area contributed by atoms with Gasteiger partial charge in [0.05, 0.1) is 12.2 Å². The van der Waals surface area contributed by atoms with Crippen LogP contribution in [0.1, 0.15) is 21.6 Å². The molecule has 4 rings (SSSR count). The predicted octanol–water partition coefficient (Wildman–Crippen LogP) is 2.88. The number of nitrogen functional groups attached to an aromatic ring is 1. The standard InChI is InChI=1S/C19H16N4O/c20-19-21-10-16-11-23(12-17(16)22-19)18(24)15-8-6-14(7-9-15)13-4-2-1-3-5-13/h1-10H,11-12H2,(H2,20,21,22). The van der Waals surface area contributed by atoms with Gasteiger partial charge in [0.25, 0.3) is 5.91 Å². The van der Waals surface area contributed by atoms with Crippen molar-refractivity contribution in [2.75, 3.05) is 5.73 Å². The van der Waals surface area contributed by atoms with Crippen LogP contribution in [-0.4, -0.2) is 20.8 Å². The van der Waals surface area contributed by atoms with E-state index in [4.69, 9.17) is 5.73 Å². The van der Waals surface area contributed by atoms with Crippen molar-refractivity contribution in [2.45, 2.75) is 13.1 Å². The minimum absolute atomic E-state index is 0.00816. The summed E-state index contributed by atoms with van der Waals surface area (Å²) in [5.74, 6) is 0.237. The van der Waals surface area contributed by atoms with Crippen LogP contribution in [0.5, 0.6) is 0 Å². The smallest absolute Gasteiger partial charge is 0.254 e. The van der Waals surface area contributed by atoms with E-state index < -0.39 is 0 Å². The van der Waals surface area contributed by atoms with Crippen molar-refractivity contribution in [1.29, 1.82) is 0 Å². The largest absolute Gasteiger partial charge is 0.368 e. The molecule has 0 saturated heterocycles. The Bertz CT molecular complexity index is 891. The summed E-state index contributed by atoms with van der Waals surface area (Å²) in [6.07, 6.45) is 1.70. The molecule has 24 heavy (non-hydrogen) atoms. The summed E-state index contributed by atoms with van der Waals surface area (Å²) in [4.78, 5) is 22.7. The number of hydrogen-bond donors (Lipinski definition) is 1. The number of fused-ring (bicyclic) bond motifs is 1. The summed E-state index contributed by atoms with van der Waals surface area (Å²) in [7, 11) is 0. The lowest BCUT2D eigenvalue weighted by molar-refractivity contribution is 0.0750. The quantitative estimate of drug-likeness (QED) is 0.789. The Hall–Kier alpha value is -3.21. The monoisotopic (exact) mass is 316 g/mol. The van der Waals surface area contributed by atoms with E-state index in [0.717, 1.165) is 22.4 Å². The van der Waals surface area contributed by atoms with Gasteiger partial charge in [0, 0.05) is 23.9 Å². The number of benzene rings is 2. The third-order valence-corrected chi connectivity index (χ3v) is 4.20. The number of anilines is 1. The van der Waals surface area contributed by atoms with Gasteiger partial charge in [-0.3, -0.25) is 4.79 Å². The Morgan fingerprint density at radius 1 is 0.958 bits per heavy atom. The highest BCUT2D eigenvalue weighted by Crippen LogP contribution is 2.24. The van der Waals surface area contributed by atoms with Crippen LogP contribution in [0.2, 0.25) is 0 Å². The fraction of sp³-hybridized carbons (Fsp3) is 0.105. The maximum Gasteiger partial charge on any atom is 0.254 e. The third-order valence-electron chi connectivity index (χ3n) is 4.20. The average molecular weight is 316 g/mol. The normalized spacial score (nSPS) is 12.9. The minimum atomic E-state index is -0.00816. The number of carbonyl (C=O) groups is 1. The van der Waals surface area contributed by atoms with E-state index in [2.05, 4.69) is 22.1 Å². The van der Waals surface area contributed by atoms with Gasteiger partial charge in [0.2, 0.25) is 5.95 Å². The predicted molar refractivity (Wildman–Crippen MR) is 91.9 cm³/mol. The molecular formula is C19H16N4O. The third kappa shape index (κ3) is 2.60. The SMILES string of the molecule is Nc1ncc2c(n1)CN(C(=O)c1ccc(-c3ccccc3)cc1)C2. The molecule has 0 saturated carbocycles. The molecular weight excluding hydrogens is 300 g/mol. The Balaban J connectivity index is 1.54. The summed E-state index contributed by atoms with van der Waals surface area (Å²) < 4.78 is 0. The minimum Gasteiger partial charge on any atom is -0.368 e.